The van der Waals surface area contributed by atoms with Crippen LogP contribution in [0.15, 0.2) is 36.8 Å². The summed E-state index contributed by atoms with van der Waals surface area (Å²) in [6, 6.07) is 4.47. The number of rotatable bonds is 6. The van der Waals surface area contributed by atoms with E-state index in [0.29, 0.717) is 29.6 Å². The number of hydrogen-bond donors (Lipinski definition) is 3. The van der Waals surface area contributed by atoms with Crippen molar-refractivity contribution in [3.05, 3.63) is 59.6 Å². The van der Waals surface area contributed by atoms with Crippen LogP contribution in [0.25, 0.3) is 0 Å². The first-order valence-corrected chi connectivity index (χ1v) is 8.60. The molecule has 1 aliphatic carbocycles. The van der Waals surface area contributed by atoms with Gasteiger partial charge in [0.15, 0.2) is 0 Å². The fraction of sp³-hybridized carbons (Fsp3) is 0.278. The maximum absolute atomic E-state index is 14.2. The second-order valence-electron chi connectivity index (χ2n) is 6.65. The van der Waals surface area contributed by atoms with Crippen LogP contribution in [0.4, 0.5) is 16.2 Å². The van der Waals surface area contributed by atoms with Crippen molar-refractivity contribution in [1.29, 1.82) is 0 Å². The fourth-order valence-corrected chi connectivity index (χ4v) is 3.26. The molecule has 138 valence electrons. The van der Waals surface area contributed by atoms with E-state index in [1.165, 1.54) is 24.5 Å². The van der Waals surface area contributed by atoms with E-state index in [4.69, 9.17) is 5.73 Å². The SMILES string of the molecule is Nc1cc(C(=O)c2cnc(NCC3(c4ncccc4F)CCC3)nc2)n[nH]1. The van der Waals surface area contributed by atoms with Gasteiger partial charge in [-0.25, -0.2) is 14.4 Å². The van der Waals surface area contributed by atoms with Crippen LogP contribution in [0.2, 0.25) is 0 Å². The van der Waals surface area contributed by atoms with Crippen LogP contribution in [-0.2, 0) is 5.41 Å². The number of pyridine rings is 1. The zero-order valence-corrected chi connectivity index (χ0v) is 14.4. The number of anilines is 2. The van der Waals surface area contributed by atoms with Gasteiger partial charge in [-0.3, -0.25) is 14.9 Å². The number of nitrogen functional groups attached to an aromatic ring is 1. The topological polar surface area (TPSA) is 122 Å². The van der Waals surface area contributed by atoms with Gasteiger partial charge >= 0.3 is 0 Å². The van der Waals surface area contributed by atoms with E-state index in [0.717, 1.165) is 19.3 Å². The van der Waals surface area contributed by atoms with Gasteiger partial charge in [-0.2, -0.15) is 5.10 Å². The Bertz CT molecular complexity index is 966. The molecule has 1 aliphatic rings. The Morgan fingerprint density at radius 2 is 2.07 bits per heavy atom. The lowest BCUT2D eigenvalue weighted by Gasteiger charge is -2.41. The molecule has 0 radical (unpaired) electrons. The molecular formula is C18H18FN7O. The molecule has 0 atom stereocenters. The molecule has 0 aliphatic heterocycles. The van der Waals surface area contributed by atoms with Gasteiger partial charge < -0.3 is 11.1 Å². The van der Waals surface area contributed by atoms with Gasteiger partial charge in [0.25, 0.3) is 0 Å². The average molecular weight is 367 g/mol. The van der Waals surface area contributed by atoms with Crippen LogP contribution in [0.3, 0.4) is 0 Å². The summed E-state index contributed by atoms with van der Waals surface area (Å²) in [5.41, 5.74) is 6.17. The van der Waals surface area contributed by atoms with Crippen LogP contribution in [0.1, 0.15) is 41.0 Å². The lowest BCUT2D eigenvalue weighted by atomic mass is 9.66. The molecule has 9 heteroatoms. The minimum Gasteiger partial charge on any atom is -0.384 e. The zero-order valence-electron chi connectivity index (χ0n) is 14.4. The van der Waals surface area contributed by atoms with E-state index >= 15 is 0 Å². The number of nitrogens with one attached hydrogen (secondary N) is 2. The molecule has 27 heavy (non-hydrogen) atoms. The Balaban J connectivity index is 1.46. The molecular weight excluding hydrogens is 349 g/mol. The van der Waals surface area contributed by atoms with Crippen molar-refractivity contribution in [3.8, 4) is 0 Å². The van der Waals surface area contributed by atoms with Gasteiger partial charge in [0.1, 0.15) is 17.3 Å². The van der Waals surface area contributed by atoms with Crippen LogP contribution < -0.4 is 11.1 Å². The summed E-state index contributed by atoms with van der Waals surface area (Å²) < 4.78 is 14.2. The lowest BCUT2D eigenvalue weighted by Crippen LogP contribution is -2.42. The number of carbonyl (C=O) groups is 1. The summed E-state index contributed by atoms with van der Waals surface area (Å²) in [5.74, 6) is 0.0699. The zero-order chi connectivity index (χ0) is 18.9. The minimum atomic E-state index is -0.351. The van der Waals surface area contributed by atoms with Gasteiger partial charge in [0.2, 0.25) is 11.7 Å². The Hall–Kier alpha value is -3.36. The summed E-state index contributed by atoms with van der Waals surface area (Å²) in [7, 11) is 0. The lowest BCUT2D eigenvalue weighted by molar-refractivity contribution is 0.103. The van der Waals surface area contributed by atoms with Crippen molar-refractivity contribution in [2.45, 2.75) is 24.7 Å². The smallest absolute Gasteiger partial charge is 0.222 e. The minimum absolute atomic E-state index is 0.204. The molecule has 3 aromatic heterocycles. The molecule has 0 unspecified atom stereocenters. The monoisotopic (exact) mass is 367 g/mol. The largest absolute Gasteiger partial charge is 0.384 e. The van der Waals surface area contributed by atoms with Crippen molar-refractivity contribution in [2.75, 3.05) is 17.6 Å². The van der Waals surface area contributed by atoms with E-state index in [2.05, 4.69) is 30.5 Å². The maximum Gasteiger partial charge on any atom is 0.222 e. The quantitative estimate of drug-likeness (QED) is 0.570. The van der Waals surface area contributed by atoms with E-state index in [1.807, 2.05) is 0 Å². The number of ketones is 1. The molecule has 0 bridgehead atoms. The molecule has 0 aromatic carbocycles. The third-order valence-corrected chi connectivity index (χ3v) is 4.90. The number of aromatic nitrogens is 5. The summed E-state index contributed by atoms with van der Waals surface area (Å²) in [5, 5.41) is 9.49. The number of aromatic amines is 1. The molecule has 4 rings (SSSR count). The van der Waals surface area contributed by atoms with E-state index < -0.39 is 0 Å². The van der Waals surface area contributed by atoms with Gasteiger partial charge in [0, 0.05) is 36.6 Å². The Morgan fingerprint density at radius 3 is 2.67 bits per heavy atom. The first kappa shape index (κ1) is 17.1. The fourth-order valence-electron chi connectivity index (χ4n) is 3.26. The predicted octanol–water partition coefficient (Wildman–Crippen LogP) is 2.08. The number of H-pyrrole nitrogens is 1. The van der Waals surface area contributed by atoms with Gasteiger partial charge in [-0.05, 0) is 25.0 Å². The highest BCUT2D eigenvalue weighted by molar-refractivity contribution is 6.07. The van der Waals surface area contributed by atoms with Crippen LogP contribution in [0, 0.1) is 5.82 Å². The van der Waals surface area contributed by atoms with Crippen molar-refractivity contribution in [2.24, 2.45) is 0 Å². The molecule has 0 spiro atoms. The summed E-state index contributed by atoms with van der Waals surface area (Å²) in [6.07, 6.45) is 7.20. The molecule has 0 saturated heterocycles. The summed E-state index contributed by atoms with van der Waals surface area (Å²) in [4.78, 5) is 24.9. The highest BCUT2D eigenvalue weighted by Gasteiger charge is 2.41. The molecule has 1 fully saturated rings. The number of nitrogens with two attached hydrogens (primary N) is 1. The molecule has 8 nitrogen and oxygen atoms in total. The maximum atomic E-state index is 14.2. The summed E-state index contributed by atoms with van der Waals surface area (Å²) >= 11 is 0. The number of nitrogens with zero attached hydrogens (tertiary/aromatic N) is 4. The number of carbonyl (C=O) groups excluding carboxylic acids is 1. The first-order chi connectivity index (χ1) is 13.1. The summed E-state index contributed by atoms with van der Waals surface area (Å²) in [6.45, 7) is 0.476. The molecule has 0 amide bonds. The highest BCUT2D eigenvalue weighted by Crippen LogP contribution is 2.43. The normalized spacial score (nSPS) is 15.1. The molecule has 3 aromatic rings. The highest BCUT2D eigenvalue weighted by atomic mass is 19.1. The molecule has 4 N–H and O–H groups in total. The number of hydrogen-bond acceptors (Lipinski definition) is 7. The van der Waals surface area contributed by atoms with Gasteiger partial charge in [-0.15, -0.1) is 0 Å². The third-order valence-electron chi connectivity index (χ3n) is 4.90. The van der Waals surface area contributed by atoms with Crippen LogP contribution in [-0.4, -0.2) is 37.5 Å². The molecule has 3 heterocycles. The second-order valence-corrected chi connectivity index (χ2v) is 6.65. The van der Waals surface area contributed by atoms with Gasteiger partial charge in [-0.1, -0.05) is 6.42 Å². The van der Waals surface area contributed by atoms with Crippen molar-refractivity contribution < 1.29 is 9.18 Å². The van der Waals surface area contributed by atoms with Crippen molar-refractivity contribution >= 4 is 17.5 Å². The van der Waals surface area contributed by atoms with Crippen molar-refractivity contribution in [1.82, 2.24) is 25.1 Å². The predicted molar refractivity (Wildman–Crippen MR) is 96.7 cm³/mol. The Labute approximate surface area is 154 Å². The second kappa shape index (κ2) is 6.75. The van der Waals surface area contributed by atoms with E-state index in [1.54, 1.807) is 12.3 Å². The Kier molecular flexibility index (Phi) is 4.27. The molecule has 1 saturated carbocycles. The first-order valence-electron chi connectivity index (χ1n) is 8.60. The number of halogens is 1. The van der Waals surface area contributed by atoms with Crippen LogP contribution in [0.5, 0.6) is 0 Å². The van der Waals surface area contributed by atoms with E-state index in [9.17, 15) is 9.18 Å². The van der Waals surface area contributed by atoms with Gasteiger partial charge in [0.05, 0.1) is 11.3 Å². The van der Waals surface area contributed by atoms with E-state index in [-0.39, 0.29) is 22.7 Å². The average Bonchev–Trinajstić information content (AvgIpc) is 3.08. The standard InChI is InChI=1S/C18H18FN7O/c19-12-3-1-6-21-16(12)18(4-2-5-18)10-24-17-22-8-11(9-23-17)15(27)13-7-14(20)26-25-13/h1,3,6-9H,2,4-5,10H2,(H3,20,25,26)(H,22,23,24). The Morgan fingerprint density at radius 1 is 1.30 bits per heavy atom. The third kappa shape index (κ3) is 3.23. The van der Waals surface area contributed by atoms with Crippen molar-refractivity contribution in [3.63, 3.8) is 0 Å². The van der Waals surface area contributed by atoms with Crippen LogP contribution >= 0.6 is 0 Å².